The van der Waals surface area contributed by atoms with Gasteiger partial charge in [0.1, 0.15) is 11.6 Å². The number of nitrogens with one attached hydrogen (secondary N) is 1. The van der Waals surface area contributed by atoms with Crippen LogP contribution in [-0.2, 0) is 27.6 Å². The monoisotopic (exact) mass is 424 g/mol. The number of hydrogen-bond acceptors (Lipinski definition) is 5. The van der Waals surface area contributed by atoms with Gasteiger partial charge in [0.25, 0.3) is 0 Å². The smallest absolute Gasteiger partial charge is 0.239 e. The number of hydrogen-bond donors (Lipinski definition) is 1. The number of nitrogens with zero attached hydrogens (tertiary/aromatic N) is 3. The summed E-state index contributed by atoms with van der Waals surface area (Å²) in [5.74, 6) is 0.474. The summed E-state index contributed by atoms with van der Waals surface area (Å²) in [4.78, 5) is 12.2. The van der Waals surface area contributed by atoms with Crippen molar-refractivity contribution in [3.8, 4) is 11.4 Å². The second-order valence-corrected chi connectivity index (χ2v) is 10.1. The fraction of sp³-hybridized carbons (Fsp3) is 0.526. The van der Waals surface area contributed by atoms with E-state index in [9.17, 15) is 13.2 Å². The summed E-state index contributed by atoms with van der Waals surface area (Å²) >= 11 is 6.38. The van der Waals surface area contributed by atoms with E-state index < -0.39 is 21.5 Å². The highest BCUT2D eigenvalue weighted by molar-refractivity contribution is 7.92. The van der Waals surface area contributed by atoms with Crippen LogP contribution in [0.1, 0.15) is 38.9 Å². The summed E-state index contributed by atoms with van der Waals surface area (Å²) in [5, 5.41) is 11.8. The Balaban J connectivity index is 1.81. The molecular formula is C19H25ClN4O3S. The maximum Gasteiger partial charge on any atom is 0.239 e. The second kappa shape index (κ2) is 8.61. The number of aromatic nitrogens is 3. The first-order chi connectivity index (χ1) is 13.2. The molecule has 0 aliphatic carbocycles. The number of fused-ring (bicyclic) bond motifs is 1. The van der Waals surface area contributed by atoms with E-state index in [-0.39, 0.29) is 11.7 Å². The van der Waals surface area contributed by atoms with Gasteiger partial charge in [-0.1, -0.05) is 31.9 Å². The fourth-order valence-electron chi connectivity index (χ4n) is 3.42. The van der Waals surface area contributed by atoms with Crippen LogP contribution in [0.15, 0.2) is 18.2 Å². The van der Waals surface area contributed by atoms with Crippen LogP contribution in [0.2, 0.25) is 5.02 Å². The molecule has 28 heavy (non-hydrogen) atoms. The second-order valence-electron chi connectivity index (χ2n) is 7.59. The van der Waals surface area contributed by atoms with E-state index in [0.717, 1.165) is 38.1 Å². The average Bonchev–Trinajstić information content (AvgIpc) is 2.82. The lowest BCUT2D eigenvalue weighted by Crippen LogP contribution is -2.26. The van der Waals surface area contributed by atoms with Crippen molar-refractivity contribution in [2.24, 2.45) is 5.92 Å². The third-order valence-electron chi connectivity index (χ3n) is 4.54. The van der Waals surface area contributed by atoms with Gasteiger partial charge in [-0.2, -0.15) is 0 Å². The zero-order valence-corrected chi connectivity index (χ0v) is 17.7. The minimum Gasteiger partial charge on any atom is -0.325 e. The van der Waals surface area contributed by atoms with Gasteiger partial charge in [0.05, 0.1) is 10.8 Å². The van der Waals surface area contributed by atoms with Crippen molar-refractivity contribution in [1.29, 1.82) is 0 Å². The number of rotatable bonds is 6. The normalized spacial score (nSPS) is 14.6. The summed E-state index contributed by atoms with van der Waals surface area (Å²) in [6.07, 6.45) is 4.18. The first-order valence-electron chi connectivity index (χ1n) is 9.47. The molecule has 1 N–H and O–H groups in total. The first-order valence-corrected chi connectivity index (χ1v) is 11.7. The highest BCUT2D eigenvalue weighted by Gasteiger charge is 2.21. The topological polar surface area (TPSA) is 93.9 Å². The van der Waals surface area contributed by atoms with Crippen LogP contribution in [-0.4, -0.2) is 40.6 Å². The van der Waals surface area contributed by atoms with Crippen LogP contribution in [0, 0.1) is 5.92 Å². The van der Waals surface area contributed by atoms with Crippen molar-refractivity contribution in [2.45, 2.75) is 46.1 Å². The zero-order valence-electron chi connectivity index (χ0n) is 16.1. The first kappa shape index (κ1) is 20.8. The number of carbonyl (C=O) groups is 1. The number of aryl methyl sites for hydroxylation is 1. The molecular weight excluding hydrogens is 400 g/mol. The van der Waals surface area contributed by atoms with Crippen molar-refractivity contribution >= 4 is 33.0 Å². The molecule has 0 saturated heterocycles. The average molecular weight is 425 g/mol. The van der Waals surface area contributed by atoms with Gasteiger partial charge >= 0.3 is 0 Å². The van der Waals surface area contributed by atoms with Crippen LogP contribution in [0.25, 0.3) is 11.4 Å². The molecule has 2 heterocycles. The Morgan fingerprint density at radius 3 is 2.79 bits per heavy atom. The Morgan fingerprint density at radius 2 is 2.04 bits per heavy atom. The Hall–Kier alpha value is -1.93. The predicted molar refractivity (Wildman–Crippen MR) is 110 cm³/mol. The Morgan fingerprint density at radius 1 is 1.25 bits per heavy atom. The van der Waals surface area contributed by atoms with E-state index in [1.807, 2.05) is 13.8 Å². The number of halogens is 1. The van der Waals surface area contributed by atoms with Crippen LogP contribution >= 0.6 is 11.6 Å². The molecule has 9 heteroatoms. The van der Waals surface area contributed by atoms with E-state index in [1.165, 1.54) is 0 Å². The van der Waals surface area contributed by atoms with Gasteiger partial charge < -0.3 is 9.88 Å². The summed E-state index contributed by atoms with van der Waals surface area (Å²) in [6.45, 7) is 4.45. The molecule has 0 spiro atoms. The van der Waals surface area contributed by atoms with E-state index >= 15 is 0 Å². The summed E-state index contributed by atoms with van der Waals surface area (Å²) in [6, 6.07) is 5.05. The minimum atomic E-state index is -3.44. The Bertz CT molecular complexity index is 970. The molecule has 0 fully saturated rings. The van der Waals surface area contributed by atoms with Gasteiger partial charge in [0, 0.05) is 24.2 Å². The van der Waals surface area contributed by atoms with Gasteiger partial charge in [0.2, 0.25) is 5.91 Å². The lowest BCUT2D eigenvalue weighted by molar-refractivity contribution is -0.113. The third-order valence-corrected chi connectivity index (χ3v) is 6.74. The molecule has 1 aliphatic heterocycles. The molecule has 1 aliphatic rings. The van der Waals surface area contributed by atoms with Crippen molar-refractivity contribution < 1.29 is 13.2 Å². The van der Waals surface area contributed by atoms with Gasteiger partial charge in [-0.15, -0.1) is 10.2 Å². The molecule has 0 radical (unpaired) electrons. The van der Waals surface area contributed by atoms with Crippen LogP contribution in [0.5, 0.6) is 0 Å². The highest BCUT2D eigenvalue weighted by Crippen LogP contribution is 2.31. The molecule has 3 rings (SSSR count). The molecule has 1 aromatic heterocycles. The zero-order chi connectivity index (χ0) is 20.3. The van der Waals surface area contributed by atoms with Gasteiger partial charge in [-0.05, 0) is 37.0 Å². The number of carbonyl (C=O) groups excluding carboxylic acids is 1. The lowest BCUT2D eigenvalue weighted by atomic mass is 10.1. The number of benzene rings is 1. The third kappa shape index (κ3) is 5.11. The summed E-state index contributed by atoms with van der Waals surface area (Å²) in [7, 11) is -3.44. The number of amides is 1. The number of sulfone groups is 1. The number of anilines is 1. The molecule has 152 valence electrons. The minimum absolute atomic E-state index is 0.0157. The molecule has 0 unspecified atom stereocenters. The molecule has 2 aromatic rings. The van der Waals surface area contributed by atoms with Crippen molar-refractivity contribution in [1.82, 2.24) is 14.8 Å². The Labute approximate surface area is 170 Å². The van der Waals surface area contributed by atoms with Gasteiger partial charge in [0.15, 0.2) is 15.7 Å². The van der Waals surface area contributed by atoms with Crippen LogP contribution in [0.3, 0.4) is 0 Å². The van der Waals surface area contributed by atoms with Crippen molar-refractivity contribution in [3.63, 3.8) is 0 Å². The van der Waals surface area contributed by atoms with Crippen LogP contribution in [0.4, 0.5) is 5.69 Å². The fourth-order valence-corrected chi connectivity index (χ4v) is 5.23. The summed E-state index contributed by atoms with van der Waals surface area (Å²) in [5.41, 5.74) is 1.15. The summed E-state index contributed by atoms with van der Waals surface area (Å²) < 4.78 is 26.2. The quantitative estimate of drug-likeness (QED) is 0.767. The van der Waals surface area contributed by atoms with E-state index in [1.54, 1.807) is 18.2 Å². The highest BCUT2D eigenvalue weighted by atomic mass is 35.5. The maximum atomic E-state index is 12.2. The van der Waals surface area contributed by atoms with Gasteiger partial charge in [-0.3, -0.25) is 4.79 Å². The van der Waals surface area contributed by atoms with E-state index in [2.05, 4.69) is 20.1 Å². The largest absolute Gasteiger partial charge is 0.325 e. The Kier molecular flexibility index (Phi) is 6.40. The molecule has 7 nitrogen and oxygen atoms in total. The molecule has 0 atom stereocenters. The molecule has 0 saturated carbocycles. The molecule has 0 bridgehead atoms. The van der Waals surface area contributed by atoms with Crippen molar-refractivity contribution in [3.05, 3.63) is 29.0 Å². The predicted octanol–water partition coefficient (Wildman–Crippen LogP) is 3.33. The van der Waals surface area contributed by atoms with Crippen molar-refractivity contribution in [2.75, 3.05) is 16.8 Å². The molecule has 1 aromatic carbocycles. The lowest BCUT2D eigenvalue weighted by Gasteiger charge is -2.11. The van der Waals surface area contributed by atoms with E-state index in [0.29, 0.717) is 22.1 Å². The van der Waals surface area contributed by atoms with Gasteiger partial charge in [-0.25, -0.2) is 8.42 Å². The SMILES string of the molecule is CC(C)CS(=O)(=O)CC(=O)Nc1ccc(Cl)c(-c2nnc3n2CCCCC3)c1. The maximum absolute atomic E-state index is 12.2. The van der Waals surface area contributed by atoms with Crippen LogP contribution < -0.4 is 5.32 Å². The van der Waals surface area contributed by atoms with E-state index in [4.69, 9.17) is 11.6 Å². The molecule has 1 amide bonds. The standard InChI is InChI=1S/C19H25ClN4O3S/c1-13(2)11-28(26,27)12-18(25)21-14-7-8-16(20)15(10-14)19-23-22-17-6-4-3-5-9-24(17)19/h7-8,10,13H,3-6,9,11-12H2,1-2H3,(H,21,25).